The maximum atomic E-state index is 6.23. The molecule has 0 amide bonds. The zero-order valence-corrected chi connectivity index (χ0v) is 9.55. The van der Waals surface area contributed by atoms with Gasteiger partial charge in [0.2, 0.25) is 0 Å². The largest absolute Gasteiger partial charge is 0.493 e. The molecule has 2 N–H and O–H groups in total. The Bertz CT molecular complexity index is 358. The number of hydrogen-bond acceptors (Lipinski definition) is 2. The zero-order chi connectivity index (χ0) is 10.9. The Labute approximate surface area is 91.4 Å². The summed E-state index contributed by atoms with van der Waals surface area (Å²) in [5, 5.41) is 0. The third-order valence-corrected chi connectivity index (χ3v) is 3.30. The lowest BCUT2D eigenvalue weighted by Gasteiger charge is -2.26. The van der Waals surface area contributed by atoms with Crippen LogP contribution in [0.3, 0.4) is 0 Å². The van der Waals surface area contributed by atoms with Gasteiger partial charge in [0.1, 0.15) is 5.75 Å². The molecular weight excluding hydrogens is 186 g/mol. The van der Waals surface area contributed by atoms with E-state index in [0.29, 0.717) is 0 Å². The van der Waals surface area contributed by atoms with Crippen molar-refractivity contribution in [1.29, 1.82) is 0 Å². The van der Waals surface area contributed by atoms with Crippen molar-refractivity contribution in [1.82, 2.24) is 0 Å². The van der Waals surface area contributed by atoms with E-state index in [2.05, 4.69) is 32.0 Å². The van der Waals surface area contributed by atoms with Crippen LogP contribution in [0.15, 0.2) is 18.2 Å². The van der Waals surface area contributed by atoms with Crippen LogP contribution in [0, 0.1) is 0 Å². The summed E-state index contributed by atoms with van der Waals surface area (Å²) in [6.45, 7) is 5.05. The number of rotatable bonds is 2. The normalized spacial score (nSPS) is 18.9. The van der Waals surface area contributed by atoms with Crippen LogP contribution in [0.5, 0.6) is 5.75 Å². The molecule has 1 atom stereocenters. The van der Waals surface area contributed by atoms with Crippen LogP contribution in [0.1, 0.15) is 37.8 Å². The molecule has 0 saturated carbocycles. The Morgan fingerprint density at radius 2 is 2.27 bits per heavy atom. The highest BCUT2D eigenvalue weighted by Crippen LogP contribution is 2.30. The molecule has 1 aromatic rings. The predicted octanol–water partition coefficient (Wildman–Crippen LogP) is 2.60. The van der Waals surface area contributed by atoms with Crippen molar-refractivity contribution in [2.24, 2.45) is 5.73 Å². The molecule has 0 saturated heterocycles. The minimum absolute atomic E-state index is 0.216. The van der Waals surface area contributed by atoms with E-state index in [1.54, 1.807) is 0 Å². The molecule has 0 spiro atoms. The van der Waals surface area contributed by atoms with E-state index in [1.165, 1.54) is 11.1 Å². The van der Waals surface area contributed by atoms with Crippen molar-refractivity contribution in [2.45, 2.75) is 38.6 Å². The number of ether oxygens (including phenoxy) is 1. The molecule has 82 valence electrons. The fourth-order valence-electron chi connectivity index (χ4n) is 1.92. The number of hydrogen-bond donors (Lipinski definition) is 1. The minimum Gasteiger partial charge on any atom is -0.493 e. The molecule has 1 aliphatic heterocycles. The summed E-state index contributed by atoms with van der Waals surface area (Å²) in [5.74, 6) is 1.04. The Hall–Kier alpha value is -1.02. The van der Waals surface area contributed by atoms with Crippen molar-refractivity contribution in [2.75, 3.05) is 6.61 Å². The first-order valence-corrected chi connectivity index (χ1v) is 5.68. The van der Waals surface area contributed by atoms with Crippen molar-refractivity contribution < 1.29 is 4.74 Å². The summed E-state index contributed by atoms with van der Waals surface area (Å²) < 4.78 is 5.58. The molecular formula is C13H19NO. The van der Waals surface area contributed by atoms with E-state index in [4.69, 9.17) is 10.5 Å². The van der Waals surface area contributed by atoms with Crippen molar-refractivity contribution >= 4 is 0 Å². The predicted molar refractivity (Wildman–Crippen MR) is 62.1 cm³/mol. The zero-order valence-electron chi connectivity index (χ0n) is 9.55. The first-order valence-electron chi connectivity index (χ1n) is 5.68. The molecule has 2 nitrogen and oxygen atoms in total. The van der Waals surface area contributed by atoms with Crippen LogP contribution in [-0.4, -0.2) is 6.61 Å². The quantitative estimate of drug-likeness (QED) is 0.805. The van der Waals surface area contributed by atoms with Gasteiger partial charge in [-0.3, -0.25) is 0 Å². The molecule has 1 heterocycles. The molecule has 0 bridgehead atoms. The van der Waals surface area contributed by atoms with Gasteiger partial charge in [-0.05, 0) is 43.4 Å². The van der Waals surface area contributed by atoms with Gasteiger partial charge in [0.05, 0.1) is 6.61 Å². The lowest BCUT2D eigenvalue weighted by molar-refractivity contribution is 0.288. The fraction of sp³-hybridized carbons (Fsp3) is 0.538. The second kappa shape index (κ2) is 3.86. The fourth-order valence-corrected chi connectivity index (χ4v) is 1.92. The maximum Gasteiger partial charge on any atom is 0.122 e. The van der Waals surface area contributed by atoms with E-state index in [0.717, 1.165) is 31.6 Å². The van der Waals surface area contributed by atoms with Gasteiger partial charge in [-0.25, -0.2) is 0 Å². The molecule has 2 heteroatoms. The van der Waals surface area contributed by atoms with Gasteiger partial charge in [0.15, 0.2) is 0 Å². The lowest BCUT2D eigenvalue weighted by atomic mass is 9.88. The van der Waals surface area contributed by atoms with Crippen LogP contribution >= 0.6 is 0 Å². The van der Waals surface area contributed by atoms with Gasteiger partial charge in [-0.15, -0.1) is 0 Å². The monoisotopic (exact) mass is 205 g/mol. The third kappa shape index (κ3) is 2.00. The first kappa shape index (κ1) is 10.5. The second-order valence-electron chi connectivity index (χ2n) is 4.55. The van der Waals surface area contributed by atoms with Crippen molar-refractivity contribution in [3.63, 3.8) is 0 Å². The Morgan fingerprint density at radius 3 is 3.00 bits per heavy atom. The summed E-state index contributed by atoms with van der Waals surface area (Å²) in [7, 11) is 0. The summed E-state index contributed by atoms with van der Waals surface area (Å²) in [6, 6.07) is 6.36. The highest BCUT2D eigenvalue weighted by molar-refractivity contribution is 5.40. The SMILES string of the molecule is CCC(C)(N)c1ccc2c(c1)CCCO2. The highest BCUT2D eigenvalue weighted by atomic mass is 16.5. The first-order chi connectivity index (χ1) is 7.13. The molecule has 15 heavy (non-hydrogen) atoms. The van der Waals surface area contributed by atoms with Crippen LogP contribution in [-0.2, 0) is 12.0 Å². The Morgan fingerprint density at radius 1 is 1.47 bits per heavy atom. The molecule has 2 rings (SSSR count). The maximum absolute atomic E-state index is 6.23. The van der Waals surface area contributed by atoms with Gasteiger partial charge >= 0.3 is 0 Å². The molecule has 0 fully saturated rings. The summed E-state index contributed by atoms with van der Waals surface area (Å²) in [5.41, 5.74) is 8.54. The average molecular weight is 205 g/mol. The van der Waals surface area contributed by atoms with E-state index < -0.39 is 0 Å². The Balaban J connectivity index is 2.36. The summed E-state index contributed by atoms with van der Waals surface area (Å²) >= 11 is 0. The van der Waals surface area contributed by atoms with Gasteiger partial charge in [-0.1, -0.05) is 19.1 Å². The van der Waals surface area contributed by atoms with Crippen LogP contribution in [0.25, 0.3) is 0 Å². The molecule has 0 radical (unpaired) electrons. The molecule has 0 aromatic heterocycles. The van der Waals surface area contributed by atoms with Gasteiger partial charge in [0.25, 0.3) is 0 Å². The number of benzene rings is 1. The van der Waals surface area contributed by atoms with Crippen LogP contribution in [0.2, 0.25) is 0 Å². The number of nitrogens with two attached hydrogens (primary N) is 1. The van der Waals surface area contributed by atoms with Crippen molar-refractivity contribution in [3.8, 4) is 5.75 Å². The van der Waals surface area contributed by atoms with Crippen LogP contribution < -0.4 is 10.5 Å². The molecule has 1 aromatic carbocycles. The van der Waals surface area contributed by atoms with Crippen molar-refractivity contribution in [3.05, 3.63) is 29.3 Å². The molecule has 1 unspecified atom stereocenters. The Kier molecular flexibility index (Phi) is 2.70. The molecule has 0 aliphatic carbocycles. The van der Waals surface area contributed by atoms with Gasteiger partial charge in [-0.2, -0.15) is 0 Å². The second-order valence-corrected chi connectivity index (χ2v) is 4.55. The highest BCUT2D eigenvalue weighted by Gasteiger charge is 2.20. The minimum atomic E-state index is -0.216. The van der Waals surface area contributed by atoms with E-state index in [1.807, 2.05) is 0 Å². The lowest BCUT2D eigenvalue weighted by Crippen LogP contribution is -2.32. The van der Waals surface area contributed by atoms with Crippen LogP contribution in [0.4, 0.5) is 0 Å². The summed E-state index contributed by atoms with van der Waals surface area (Å²) in [4.78, 5) is 0. The average Bonchev–Trinajstić information content (AvgIpc) is 2.28. The third-order valence-electron chi connectivity index (χ3n) is 3.30. The topological polar surface area (TPSA) is 35.2 Å². The van der Waals surface area contributed by atoms with E-state index >= 15 is 0 Å². The van der Waals surface area contributed by atoms with Gasteiger partial charge < -0.3 is 10.5 Å². The standard InChI is InChI=1S/C13H19NO/c1-3-13(2,14)11-6-7-12-10(9-11)5-4-8-15-12/h6-7,9H,3-5,8,14H2,1-2H3. The van der Waals surface area contributed by atoms with E-state index in [9.17, 15) is 0 Å². The van der Waals surface area contributed by atoms with E-state index in [-0.39, 0.29) is 5.54 Å². The summed E-state index contributed by atoms with van der Waals surface area (Å²) in [6.07, 6.45) is 3.18. The molecule has 1 aliphatic rings. The number of fused-ring (bicyclic) bond motifs is 1. The number of aryl methyl sites for hydroxylation is 1. The smallest absolute Gasteiger partial charge is 0.122 e. The van der Waals surface area contributed by atoms with Gasteiger partial charge in [0, 0.05) is 5.54 Å².